The quantitative estimate of drug-likeness (QED) is 0.733. The van der Waals surface area contributed by atoms with E-state index >= 15 is 0 Å². The van der Waals surface area contributed by atoms with Crippen molar-refractivity contribution < 1.29 is 16.8 Å². The first-order valence-electron chi connectivity index (χ1n) is 4.18. The van der Waals surface area contributed by atoms with Gasteiger partial charge in [0.1, 0.15) is 5.75 Å². The minimum atomic E-state index is -1.63. The summed E-state index contributed by atoms with van der Waals surface area (Å²) >= 11 is -3.23. The van der Waals surface area contributed by atoms with Crippen LogP contribution in [0.2, 0.25) is 0 Å². The lowest BCUT2D eigenvalue weighted by Crippen LogP contribution is -1.97. The van der Waals surface area contributed by atoms with E-state index in [9.17, 15) is 8.42 Å². The van der Waals surface area contributed by atoms with Gasteiger partial charge in [-0.2, -0.15) is 0 Å². The molecule has 0 aromatic heterocycles. The smallest absolute Gasteiger partial charge is 0.240 e. The molecule has 4 nitrogen and oxygen atoms in total. The summed E-state index contributed by atoms with van der Waals surface area (Å²) < 4.78 is 32.1. The minimum Gasteiger partial charge on any atom is -0.406 e. The van der Waals surface area contributed by atoms with Gasteiger partial charge in [0.2, 0.25) is 22.2 Å². The molecule has 0 N–H and O–H groups in total. The average molecular weight is 258 g/mol. The second kappa shape index (κ2) is 6.24. The number of rotatable bonds is 6. The maximum atomic E-state index is 11.4. The molecule has 1 rings (SSSR count). The van der Waals surface area contributed by atoms with E-state index in [1.807, 2.05) is 0 Å². The van der Waals surface area contributed by atoms with Crippen molar-refractivity contribution >= 4 is 22.2 Å². The van der Waals surface area contributed by atoms with Crippen molar-refractivity contribution in [2.24, 2.45) is 0 Å². The molecule has 0 saturated heterocycles. The highest BCUT2D eigenvalue weighted by molar-refractivity contribution is 7.83. The Hall–Kier alpha value is -1.40. The fourth-order valence-electron chi connectivity index (χ4n) is 0.876. The molecule has 0 spiro atoms. The highest BCUT2D eigenvalue weighted by Crippen LogP contribution is 2.17. The first kappa shape index (κ1) is 12.7. The highest BCUT2D eigenvalue weighted by Gasteiger charge is 2.06. The van der Waals surface area contributed by atoms with Gasteiger partial charge in [-0.3, -0.25) is 0 Å². The van der Waals surface area contributed by atoms with Gasteiger partial charge in [-0.15, -0.1) is 0 Å². The molecule has 6 heteroatoms. The van der Waals surface area contributed by atoms with Gasteiger partial charge in [0.15, 0.2) is 0 Å². The molecule has 2 unspecified atom stereocenters. The Morgan fingerprint density at radius 2 is 2.00 bits per heavy atom. The van der Waals surface area contributed by atoms with Crippen LogP contribution in [0.15, 0.2) is 54.0 Å². The number of hydrogen-bond donors (Lipinski definition) is 0. The molecule has 16 heavy (non-hydrogen) atoms. The summed E-state index contributed by atoms with van der Waals surface area (Å²) in [6.07, 6.45) is 1.09. The van der Waals surface area contributed by atoms with Crippen molar-refractivity contribution in [3.63, 3.8) is 0 Å². The van der Waals surface area contributed by atoms with Gasteiger partial charge in [0.25, 0.3) is 0 Å². The van der Waals surface area contributed by atoms with Crippen LogP contribution in [-0.2, 0) is 26.3 Å². The summed E-state index contributed by atoms with van der Waals surface area (Å²) in [5.41, 5.74) is 0. The third-order valence-corrected chi connectivity index (χ3v) is 3.05. The second-order valence-electron chi connectivity index (χ2n) is 2.48. The largest absolute Gasteiger partial charge is 0.406 e. The van der Waals surface area contributed by atoms with E-state index in [1.54, 1.807) is 18.2 Å². The van der Waals surface area contributed by atoms with E-state index in [4.69, 9.17) is 8.37 Å². The van der Waals surface area contributed by atoms with Crippen molar-refractivity contribution in [1.29, 1.82) is 0 Å². The predicted molar refractivity (Wildman–Crippen MR) is 63.1 cm³/mol. The van der Waals surface area contributed by atoms with Crippen LogP contribution >= 0.6 is 0 Å². The molecular formula is C10H10O4S2. The molecule has 0 fully saturated rings. The molecule has 0 aliphatic carbocycles. The predicted octanol–water partition coefficient (Wildman–Crippen LogP) is 2.06. The zero-order valence-electron chi connectivity index (χ0n) is 8.33. The van der Waals surface area contributed by atoms with Gasteiger partial charge in [0, 0.05) is 11.5 Å². The summed E-state index contributed by atoms with van der Waals surface area (Å²) in [6.45, 7) is 6.62. The van der Waals surface area contributed by atoms with Crippen LogP contribution in [0.5, 0.6) is 5.75 Å². The van der Waals surface area contributed by atoms with Crippen LogP contribution in [0.25, 0.3) is 0 Å². The fraction of sp³-hybridized carbons (Fsp3) is 0. The number of hydrogen-bond acceptors (Lipinski definition) is 4. The van der Waals surface area contributed by atoms with E-state index in [0.717, 1.165) is 11.7 Å². The molecule has 0 aliphatic heterocycles. The third-order valence-electron chi connectivity index (χ3n) is 1.47. The molecular weight excluding hydrogens is 248 g/mol. The fourth-order valence-corrected chi connectivity index (χ4v) is 1.87. The average Bonchev–Trinajstić information content (AvgIpc) is 2.29. The summed E-state index contributed by atoms with van der Waals surface area (Å²) in [6, 6.07) is 6.29. The van der Waals surface area contributed by atoms with Crippen LogP contribution in [0.1, 0.15) is 0 Å². The Kier molecular flexibility index (Phi) is 4.94. The van der Waals surface area contributed by atoms with Crippen LogP contribution in [0, 0.1) is 0 Å². The number of benzene rings is 1. The Balaban J connectivity index is 2.86. The summed E-state index contributed by atoms with van der Waals surface area (Å²) in [5, 5.41) is 1.16. The molecule has 0 radical (unpaired) electrons. The maximum absolute atomic E-state index is 11.4. The molecule has 0 amide bonds. The Labute approximate surface area is 98.9 Å². The van der Waals surface area contributed by atoms with E-state index in [1.165, 1.54) is 6.07 Å². The van der Waals surface area contributed by atoms with Crippen LogP contribution in [-0.4, -0.2) is 8.42 Å². The molecule has 0 heterocycles. The monoisotopic (exact) mass is 258 g/mol. The lowest BCUT2D eigenvalue weighted by Gasteiger charge is -2.03. The first-order valence-corrected chi connectivity index (χ1v) is 6.40. The Morgan fingerprint density at radius 3 is 2.62 bits per heavy atom. The second-order valence-corrected chi connectivity index (χ2v) is 4.64. The van der Waals surface area contributed by atoms with Crippen molar-refractivity contribution in [1.82, 2.24) is 0 Å². The van der Waals surface area contributed by atoms with Gasteiger partial charge >= 0.3 is 0 Å². The first-order chi connectivity index (χ1) is 7.67. The zero-order valence-corrected chi connectivity index (χ0v) is 9.96. The Morgan fingerprint density at radius 1 is 1.25 bits per heavy atom. The topological polar surface area (TPSA) is 52.6 Å². The molecule has 0 bridgehead atoms. The zero-order chi connectivity index (χ0) is 12.0. The van der Waals surface area contributed by atoms with E-state index < -0.39 is 22.2 Å². The normalized spacial score (nSPS) is 13.5. The van der Waals surface area contributed by atoms with Gasteiger partial charge in [-0.05, 0) is 12.1 Å². The summed E-state index contributed by atoms with van der Waals surface area (Å²) in [5.74, 6) is 0.330. The van der Waals surface area contributed by atoms with E-state index in [2.05, 4.69) is 13.2 Å². The van der Waals surface area contributed by atoms with Crippen molar-refractivity contribution in [3.05, 3.63) is 49.1 Å². The lowest BCUT2D eigenvalue weighted by molar-refractivity contribution is 0.506. The minimum absolute atomic E-state index is 0.330. The molecule has 0 saturated carbocycles. The van der Waals surface area contributed by atoms with Gasteiger partial charge in [0.05, 0.1) is 11.2 Å². The molecule has 1 aromatic carbocycles. The van der Waals surface area contributed by atoms with Crippen LogP contribution in [0.3, 0.4) is 0 Å². The maximum Gasteiger partial charge on any atom is 0.240 e. The molecule has 0 aliphatic rings. The third kappa shape index (κ3) is 3.63. The Bertz CT molecular complexity index is 442. The van der Waals surface area contributed by atoms with Gasteiger partial charge < -0.3 is 8.37 Å². The van der Waals surface area contributed by atoms with E-state index in [0.29, 0.717) is 10.6 Å². The standard InChI is InChI=1S/C10H10O4S2/c1-3-13-16(12)10-7-5-6-9(8-10)14-15(11)4-2/h3-8H,1-2H2. The van der Waals surface area contributed by atoms with Gasteiger partial charge in [-0.1, -0.05) is 19.2 Å². The highest BCUT2D eigenvalue weighted by atomic mass is 32.2. The van der Waals surface area contributed by atoms with Crippen molar-refractivity contribution in [3.8, 4) is 5.75 Å². The summed E-state index contributed by atoms with van der Waals surface area (Å²) in [4.78, 5) is 0.401. The lowest BCUT2D eigenvalue weighted by atomic mass is 10.3. The van der Waals surface area contributed by atoms with Crippen LogP contribution in [0.4, 0.5) is 0 Å². The van der Waals surface area contributed by atoms with Crippen molar-refractivity contribution in [2.45, 2.75) is 4.90 Å². The van der Waals surface area contributed by atoms with E-state index in [-0.39, 0.29) is 0 Å². The molecule has 86 valence electrons. The molecule has 2 atom stereocenters. The van der Waals surface area contributed by atoms with Gasteiger partial charge in [-0.25, -0.2) is 8.42 Å². The van der Waals surface area contributed by atoms with Crippen molar-refractivity contribution in [2.75, 3.05) is 0 Å². The van der Waals surface area contributed by atoms with Crippen LogP contribution < -0.4 is 4.18 Å². The molecule has 1 aromatic rings. The summed E-state index contributed by atoms with van der Waals surface area (Å²) in [7, 11) is 0. The SMILES string of the molecule is C=COS(=O)c1cccc(OS(=O)C=C)c1.